The van der Waals surface area contributed by atoms with E-state index in [9.17, 15) is 10.2 Å². The zero-order chi connectivity index (χ0) is 11.0. The van der Waals surface area contributed by atoms with Gasteiger partial charge in [-0.25, -0.2) is 0 Å². The lowest BCUT2D eigenvalue weighted by Gasteiger charge is -2.21. The fourth-order valence-electron chi connectivity index (χ4n) is 1.33. The molecule has 0 aromatic carbocycles. The summed E-state index contributed by atoms with van der Waals surface area (Å²) in [6.07, 6.45) is 0.349. The van der Waals surface area contributed by atoms with Gasteiger partial charge >= 0.3 is 0 Å². The summed E-state index contributed by atoms with van der Waals surface area (Å²) in [6.45, 7) is 2.41. The van der Waals surface area contributed by atoms with Crippen LogP contribution in [0, 0.1) is 0 Å². The van der Waals surface area contributed by atoms with E-state index < -0.39 is 12.2 Å². The summed E-state index contributed by atoms with van der Waals surface area (Å²) in [7, 11) is 3.16. The van der Waals surface area contributed by atoms with Gasteiger partial charge in [0.15, 0.2) is 0 Å². The number of aliphatic hydroxyl groups is 2. The third-order valence-electron chi connectivity index (χ3n) is 2.22. The van der Waals surface area contributed by atoms with Crippen LogP contribution < -0.4 is 0 Å². The van der Waals surface area contributed by atoms with E-state index in [0.29, 0.717) is 19.4 Å². The van der Waals surface area contributed by atoms with Crippen molar-refractivity contribution in [1.29, 1.82) is 0 Å². The van der Waals surface area contributed by atoms with E-state index in [1.807, 2.05) is 6.92 Å². The van der Waals surface area contributed by atoms with Crippen molar-refractivity contribution in [1.82, 2.24) is 0 Å². The number of hydrogen-bond donors (Lipinski definition) is 2. The molecule has 0 fully saturated rings. The topological polar surface area (TPSA) is 58.9 Å². The first-order chi connectivity index (χ1) is 6.65. The zero-order valence-corrected chi connectivity index (χ0v) is 9.27. The predicted octanol–water partition coefficient (Wildman–Crippen LogP) is 0.560. The highest BCUT2D eigenvalue weighted by Gasteiger charge is 2.20. The van der Waals surface area contributed by atoms with Crippen molar-refractivity contribution < 1.29 is 19.7 Å². The highest BCUT2D eigenvalue weighted by atomic mass is 16.5. The van der Waals surface area contributed by atoms with Crippen LogP contribution in [-0.2, 0) is 9.47 Å². The summed E-state index contributed by atoms with van der Waals surface area (Å²) in [5, 5.41) is 19.1. The molecule has 0 rings (SSSR count). The predicted molar refractivity (Wildman–Crippen MR) is 54.2 cm³/mol. The molecule has 4 nitrogen and oxygen atoms in total. The highest BCUT2D eigenvalue weighted by Crippen LogP contribution is 2.10. The molecule has 3 unspecified atom stereocenters. The monoisotopic (exact) mass is 206 g/mol. The van der Waals surface area contributed by atoms with Crippen LogP contribution in [0.15, 0.2) is 0 Å². The van der Waals surface area contributed by atoms with Crippen molar-refractivity contribution in [3.63, 3.8) is 0 Å². The third-order valence-corrected chi connectivity index (χ3v) is 2.22. The van der Waals surface area contributed by atoms with E-state index in [1.54, 1.807) is 14.2 Å². The average Bonchev–Trinajstić information content (AvgIpc) is 2.17. The first-order valence-corrected chi connectivity index (χ1v) is 5.03. The van der Waals surface area contributed by atoms with Gasteiger partial charge in [-0.2, -0.15) is 0 Å². The van der Waals surface area contributed by atoms with Gasteiger partial charge in [-0.1, -0.05) is 13.3 Å². The van der Waals surface area contributed by atoms with Gasteiger partial charge in [0.25, 0.3) is 0 Å². The molecule has 0 aromatic rings. The Hall–Kier alpha value is -0.160. The summed E-state index contributed by atoms with van der Waals surface area (Å²) >= 11 is 0. The first-order valence-electron chi connectivity index (χ1n) is 5.03. The molecule has 3 atom stereocenters. The van der Waals surface area contributed by atoms with Gasteiger partial charge in [0.05, 0.1) is 24.9 Å². The Morgan fingerprint density at radius 3 is 2.21 bits per heavy atom. The van der Waals surface area contributed by atoms with E-state index in [4.69, 9.17) is 9.47 Å². The minimum Gasteiger partial charge on any atom is -0.390 e. The second kappa shape index (κ2) is 8.17. The second-order valence-corrected chi connectivity index (χ2v) is 3.47. The fourth-order valence-corrected chi connectivity index (χ4v) is 1.33. The molecule has 4 heteroatoms. The summed E-state index contributed by atoms with van der Waals surface area (Å²) in [5.74, 6) is 0. The van der Waals surface area contributed by atoms with Gasteiger partial charge in [-0.15, -0.1) is 0 Å². The van der Waals surface area contributed by atoms with Crippen molar-refractivity contribution >= 4 is 0 Å². The van der Waals surface area contributed by atoms with Crippen LogP contribution in [-0.4, -0.2) is 49.4 Å². The smallest absolute Gasteiger partial charge is 0.0830 e. The molecule has 14 heavy (non-hydrogen) atoms. The average molecular weight is 206 g/mol. The number of rotatable bonds is 8. The molecule has 0 bridgehead atoms. The number of ether oxygens (including phenoxy) is 2. The van der Waals surface area contributed by atoms with Gasteiger partial charge in [-0.05, 0) is 6.42 Å². The normalized spacial score (nSPS) is 17.8. The molecule has 0 heterocycles. The van der Waals surface area contributed by atoms with Crippen molar-refractivity contribution in [2.24, 2.45) is 0 Å². The third kappa shape index (κ3) is 5.54. The summed E-state index contributed by atoms with van der Waals surface area (Å²) in [4.78, 5) is 0. The molecule has 0 saturated carbocycles. The van der Waals surface area contributed by atoms with E-state index in [2.05, 4.69) is 0 Å². The van der Waals surface area contributed by atoms with E-state index in [0.717, 1.165) is 6.42 Å². The van der Waals surface area contributed by atoms with Crippen LogP contribution in [0.25, 0.3) is 0 Å². The van der Waals surface area contributed by atoms with Gasteiger partial charge in [-0.3, -0.25) is 0 Å². The lowest BCUT2D eigenvalue weighted by molar-refractivity contribution is -0.0446. The van der Waals surface area contributed by atoms with Crippen LogP contribution >= 0.6 is 0 Å². The Bertz CT molecular complexity index is 129. The SMILES string of the molecule is CCCC(O)C(O)CC(COC)OC. The molecular weight excluding hydrogens is 184 g/mol. The minimum atomic E-state index is -0.727. The van der Waals surface area contributed by atoms with Gasteiger partial charge in [0, 0.05) is 20.6 Å². The van der Waals surface area contributed by atoms with Crippen molar-refractivity contribution in [2.45, 2.75) is 44.5 Å². The molecule has 0 saturated heterocycles. The molecule has 0 spiro atoms. The Kier molecular flexibility index (Phi) is 8.08. The molecule has 86 valence electrons. The standard InChI is InChI=1S/C10H22O4/c1-4-5-9(11)10(12)6-8(14-3)7-13-2/h8-12H,4-7H2,1-3H3. The molecule has 2 N–H and O–H groups in total. The number of aliphatic hydroxyl groups excluding tert-OH is 2. The van der Waals surface area contributed by atoms with Crippen LogP contribution in [0.5, 0.6) is 0 Å². The van der Waals surface area contributed by atoms with E-state index in [1.165, 1.54) is 0 Å². The van der Waals surface area contributed by atoms with E-state index >= 15 is 0 Å². The van der Waals surface area contributed by atoms with E-state index in [-0.39, 0.29) is 6.10 Å². The molecule has 0 aliphatic heterocycles. The second-order valence-electron chi connectivity index (χ2n) is 3.47. The molecule has 0 aliphatic carbocycles. The summed E-state index contributed by atoms with van der Waals surface area (Å²) in [5.41, 5.74) is 0. The van der Waals surface area contributed by atoms with Crippen molar-refractivity contribution in [3.8, 4) is 0 Å². The Morgan fingerprint density at radius 1 is 1.14 bits per heavy atom. The number of hydrogen-bond acceptors (Lipinski definition) is 4. The summed E-state index contributed by atoms with van der Waals surface area (Å²) < 4.78 is 10.0. The van der Waals surface area contributed by atoms with Gasteiger partial charge in [0.2, 0.25) is 0 Å². The first kappa shape index (κ1) is 13.8. The molecular formula is C10H22O4. The fraction of sp³-hybridized carbons (Fsp3) is 1.00. The van der Waals surface area contributed by atoms with Crippen molar-refractivity contribution in [2.75, 3.05) is 20.8 Å². The van der Waals surface area contributed by atoms with Crippen LogP contribution in [0.1, 0.15) is 26.2 Å². The Morgan fingerprint density at radius 2 is 1.79 bits per heavy atom. The zero-order valence-electron chi connectivity index (χ0n) is 9.27. The lowest BCUT2D eigenvalue weighted by atomic mass is 10.0. The van der Waals surface area contributed by atoms with Crippen LogP contribution in [0.4, 0.5) is 0 Å². The lowest BCUT2D eigenvalue weighted by Crippen LogP contribution is -2.32. The maximum Gasteiger partial charge on any atom is 0.0830 e. The molecule has 0 radical (unpaired) electrons. The Balaban J connectivity index is 3.81. The van der Waals surface area contributed by atoms with Crippen LogP contribution in [0.2, 0.25) is 0 Å². The van der Waals surface area contributed by atoms with Gasteiger partial charge in [0.1, 0.15) is 0 Å². The van der Waals surface area contributed by atoms with Gasteiger partial charge < -0.3 is 19.7 Å². The maximum atomic E-state index is 9.59. The molecule has 0 amide bonds. The van der Waals surface area contributed by atoms with Crippen LogP contribution in [0.3, 0.4) is 0 Å². The summed E-state index contributed by atoms with van der Waals surface area (Å²) in [6, 6.07) is 0. The largest absolute Gasteiger partial charge is 0.390 e. The highest BCUT2D eigenvalue weighted by molar-refractivity contribution is 4.71. The molecule has 0 aromatic heterocycles. The maximum absolute atomic E-state index is 9.59. The molecule has 0 aliphatic rings. The van der Waals surface area contributed by atoms with Crippen molar-refractivity contribution in [3.05, 3.63) is 0 Å². The Labute approximate surface area is 85.8 Å². The number of methoxy groups -OCH3 is 2. The minimum absolute atomic E-state index is 0.151. The quantitative estimate of drug-likeness (QED) is 0.609.